The molecule has 0 aliphatic heterocycles. The van der Waals surface area contributed by atoms with Crippen molar-refractivity contribution in [3.8, 4) is 5.75 Å². The Bertz CT molecular complexity index is 1130. The molecule has 0 unspecified atom stereocenters. The molecule has 5 nitrogen and oxygen atoms in total. The maximum atomic E-state index is 13.6. The van der Waals surface area contributed by atoms with E-state index in [1.54, 1.807) is 41.3 Å². The lowest BCUT2D eigenvalue weighted by Gasteiger charge is -2.32. The van der Waals surface area contributed by atoms with E-state index in [4.69, 9.17) is 16.3 Å². The standard InChI is InChI=1S/C29H30ClFN2O3/c30-23-12-16-26(17-13-23)36-20-28(34)33(19-22-10-14-24(31)15-11-22)27(18-21-6-2-1-3-7-21)29(35)32-25-8-4-5-9-25/h1-3,6-7,10-17,25,27H,4-5,8-9,18-20H2,(H,32,35)/t27-/m1/s1. The molecule has 3 aromatic carbocycles. The van der Waals surface area contributed by atoms with E-state index in [0.29, 0.717) is 17.2 Å². The number of rotatable bonds is 10. The van der Waals surface area contributed by atoms with Crippen molar-refractivity contribution < 1.29 is 18.7 Å². The van der Waals surface area contributed by atoms with Crippen LogP contribution in [0.5, 0.6) is 5.75 Å². The van der Waals surface area contributed by atoms with Gasteiger partial charge in [0, 0.05) is 24.0 Å². The van der Waals surface area contributed by atoms with Crippen molar-refractivity contribution in [3.05, 3.63) is 101 Å². The Hall–Kier alpha value is -3.38. The lowest BCUT2D eigenvalue weighted by atomic mass is 10.0. The normalized spacial score (nSPS) is 14.3. The summed E-state index contributed by atoms with van der Waals surface area (Å²) in [4.78, 5) is 28.7. The highest BCUT2D eigenvalue weighted by atomic mass is 35.5. The fraction of sp³-hybridized carbons (Fsp3) is 0.310. The Labute approximate surface area is 216 Å². The quantitative estimate of drug-likeness (QED) is 0.390. The molecule has 1 atom stereocenters. The third-order valence-corrected chi connectivity index (χ3v) is 6.67. The van der Waals surface area contributed by atoms with Crippen LogP contribution in [-0.4, -0.2) is 35.4 Å². The zero-order chi connectivity index (χ0) is 25.3. The number of benzene rings is 3. The monoisotopic (exact) mass is 508 g/mol. The van der Waals surface area contributed by atoms with E-state index < -0.39 is 6.04 Å². The highest BCUT2D eigenvalue weighted by molar-refractivity contribution is 6.30. The van der Waals surface area contributed by atoms with Crippen LogP contribution in [-0.2, 0) is 22.6 Å². The van der Waals surface area contributed by atoms with Crippen molar-refractivity contribution in [3.63, 3.8) is 0 Å². The van der Waals surface area contributed by atoms with Gasteiger partial charge in [0.25, 0.3) is 5.91 Å². The molecular weight excluding hydrogens is 479 g/mol. The van der Waals surface area contributed by atoms with Gasteiger partial charge in [-0.05, 0) is 60.4 Å². The highest BCUT2D eigenvalue weighted by Gasteiger charge is 2.32. The van der Waals surface area contributed by atoms with Crippen LogP contribution in [0.15, 0.2) is 78.9 Å². The molecule has 1 aliphatic carbocycles. The van der Waals surface area contributed by atoms with Crippen LogP contribution in [0.1, 0.15) is 36.8 Å². The van der Waals surface area contributed by atoms with Crippen molar-refractivity contribution in [1.29, 1.82) is 0 Å². The Kier molecular flexibility index (Phi) is 8.95. The van der Waals surface area contributed by atoms with Crippen LogP contribution in [0.3, 0.4) is 0 Å². The van der Waals surface area contributed by atoms with Crippen LogP contribution >= 0.6 is 11.6 Å². The number of carbonyl (C=O) groups excluding carboxylic acids is 2. The van der Waals surface area contributed by atoms with Gasteiger partial charge in [-0.3, -0.25) is 9.59 Å². The second-order valence-electron chi connectivity index (χ2n) is 9.09. The van der Waals surface area contributed by atoms with Gasteiger partial charge in [-0.2, -0.15) is 0 Å². The molecule has 4 rings (SSSR count). The molecule has 0 bridgehead atoms. The zero-order valence-electron chi connectivity index (χ0n) is 20.0. The Morgan fingerprint density at radius 3 is 2.28 bits per heavy atom. The Balaban J connectivity index is 1.59. The summed E-state index contributed by atoms with van der Waals surface area (Å²) in [6.07, 6.45) is 4.40. The molecule has 1 N–H and O–H groups in total. The summed E-state index contributed by atoms with van der Waals surface area (Å²) in [6.45, 7) is -0.0937. The van der Waals surface area contributed by atoms with Gasteiger partial charge in [-0.1, -0.05) is 66.9 Å². The molecule has 7 heteroatoms. The van der Waals surface area contributed by atoms with Crippen molar-refractivity contribution >= 4 is 23.4 Å². The fourth-order valence-electron chi connectivity index (χ4n) is 4.47. The van der Waals surface area contributed by atoms with Crippen LogP contribution in [0.2, 0.25) is 5.02 Å². The summed E-state index contributed by atoms with van der Waals surface area (Å²) in [5.74, 6) is -0.378. The maximum absolute atomic E-state index is 13.6. The number of hydrogen-bond donors (Lipinski definition) is 1. The molecule has 0 saturated heterocycles. The van der Waals surface area contributed by atoms with Gasteiger partial charge in [-0.25, -0.2) is 4.39 Å². The molecule has 3 aromatic rings. The molecule has 1 aliphatic rings. The minimum absolute atomic E-state index is 0.115. The first-order chi connectivity index (χ1) is 17.5. The van der Waals surface area contributed by atoms with Gasteiger partial charge >= 0.3 is 0 Å². The summed E-state index contributed by atoms with van der Waals surface area (Å²) in [7, 11) is 0. The predicted molar refractivity (Wildman–Crippen MR) is 138 cm³/mol. The van der Waals surface area contributed by atoms with Crippen molar-refractivity contribution in [1.82, 2.24) is 10.2 Å². The second-order valence-corrected chi connectivity index (χ2v) is 9.52. The summed E-state index contributed by atoms with van der Waals surface area (Å²) >= 11 is 5.95. The molecular formula is C29H30ClFN2O3. The number of amides is 2. The van der Waals surface area contributed by atoms with Gasteiger partial charge in [0.05, 0.1) is 0 Å². The van der Waals surface area contributed by atoms with E-state index >= 15 is 0 Å². The zero-order valence-corrected chi connectivity index (χ0v) is 20.8. The average molecular weight is 509 g/mol. The first kappa shape index (κ1) is 25.7. The van der Waals surface area contributed by atoms with Crippen molar-refractivity contribution in [2.75, 3.05) is 6.61 Å². The molecule has 1 fully saturated rings. The largest absolute Gasteiger partial charge is 0.484 e. The number of nitrogens with one attached hydrogen (secondary N) is 1. The molecule has 2 amide bonds. The van der Waals surface area contributed by atoms with E-state index in [-0.39, 0.29) is 36.8 Å². The Morgan fingerprint density at radius 2 is 1.61 bits per heavy atom. The molecule has 0 radical (unpaired) electrons. The minimum atomic E-state index is -0.751. The van der Waals surface area contributed by atoms with Crippen LogP contribution in [0, 0.1) is 5.82 Å². The molecule has 0 spiro atoms. The van der Waals surface area contributed by atoms with E-state index in [1.807, 2.05) is 30.3 Å². The third kappa shape index (κ3) is 7.31. The van der Waals surface area contributed by atoms with Gasteiger partial charge < -0.3 is 15.0 Å². The molecule has 1 saturated carbocycles. The summed E-state index contributed by atoms with van der Waals surface area (Å²) < 4.78 is 19.3. The van der Waals surface area contributed by atoms with Crippen LogP contribution in [0.25, 0.3) is 0 Å². The first-order valence-electron chi connectivity index (χ1n) is 12.2. The Morgan fingerprint density at radius 1 is 0.944 bits per heavy atom. The lowest BCUT2D eigenvalue weighted by molar-refractivity contribution is -0.143. The van der Waals surface area contributed by atoms with Gasteiger partial charge in [0.1, 0.15) is 17.6 Å². The van der Waals surface area contributed by atoms with E-state index in [2.05, 4.69) is 5.32 Å². The smallest absolute Gasteiger partial charge is 0.261 e. The summed E-state index contributed by atoms with van der Waals surface area (Å²) in [5.41, 5.74) is 1.67. The number of hydrogen-bond acceptors (Lipinski definition) is 3. The van der Waals surface area contributed by atoms with Crippen molar-refractivity contribution in [2.45, 2.75) is 50.7 Å². The molecule has 0 aromatic heterocycles. The van der Waals surface area contributed by atoms with E-state index in [1.165, 1.54) is 12.1 Å². The van der Waals surface area contributed by atoms with E-state index in [9.17, 15) is 14.0 Å². The number of halogens is 2. The van der Waals surface area contributed by atoms with Gasteiger partial charge in [-0.15, -0.1) is 0 Å². The fourth-order valence-corrected chi connectivity index (χ4v) is 4.59. The third-order valence-electron chi connectivity index (χ3n) is 6.41. The van der Waals surface area contributed by atoms with Crippen LogP contribution < -0.4 is 10.1 Å². The number of ether oxygens (including phenoxy) is 1. The lowest BCUT2D eigenvalue weighted by Crippen LogP contribution is -2.53. The summed E-state index contributed by atoms with van der Waals surface area (Å²) in [6, 6.07) is 21.7. The average Bonchev–Trinajstić information content (AvgIpc) is 3.40. The van der Waals surface area contributed by atoms with Crippen molar-refractivity contribution in [2.24, 2.45) is 0 Å². The molecule has 0 heterocycles. The van der Waals surface area contributed by atoms with E-state index in [0.717, 1.165) is 36.8 Å². The maximum Gasteiger partial charge on any atom is 0.261 e. The predicted octanol–water partition coefficient (Wildman–Crippen LogP) is 5.56. The first-order valence-corrected chi connectivity index (χ1v) is 12.6. The summed E-state index contributed by atoms with van der Waals surface area (Å²) in [5, 5.41) is 3.73. The molecule has 188 valence electrons. The SMILES string of the molecule is O=C(NC1CCCC1)[C@@H](Cc1ccccc1)N(Cc1ccc(F)cc1)C(=O)COc1ccc(Cl)cc1. The van der Waals surface area contributed by atoms with Gasteiger partial charge in [0.15, 0.2) is 6.61 Å². The number of carbonyl (C=O) groups is 2. The second kappa shape index (κ2) is 12.5. The minimum Gasteiger partial charge on any atom is -0.484 e. The number of nitrogens with zero attached hydrogens (tertiary/aromatic N) is 1. The topological polar surface area (TPSA) is 58.6 Å². The van der Waals surface area contributed by atoms with Crippen LogP contribution in [0.4, 0.5) is 4.39 Å². The van der Waals surface area contributed by atoms with Gasteiger partial charge in [0.2, 0.25) is 5.91 Å². The highest BCUT2D eigenvalue weighted by Crippen LogP contribution is 2.21. The molecule has 36 heavy (non-hydrogen) atoms.